The Balaban J connectivity index is 2.20. The molecular formula is C13H14FNO5S. The Labute approximate surface area is 120 Å². The number of rotatable bonds is 3. The summed E-state index contributed by atoms with van der Waals surface area (Å²) in [5.74, 6) is -3.13. The quantitative estimate of drug-likeness (QED) is 0.879. The monoisotopic (exact) mass is 315 g/mol. The van der Waals surface area contributed by atoms with Crippen LogP contribution in [-0.4, -0.2) is 36.4 Å². The first-order valence-corrected chi connectivity index (χ1v) is 8.08. The van der Waals surface area contributed by atoms with E-state index in [2.05, 4.69) is 5.32 Å². The zero-order chi connectivity index (χ0) is 15.6. The van der Waals surface area contributed by atoms with Crippen LogP contribution in [0.4, 0.5) is 10.1 Å². The summed E-state index contributed by atoms with van der Waals surface area (Å²) in [5.41, 5.74) is -0.529. The Kier molecular flexibility index (Phi) is 4.26. The highest BCUT2D eigenvalue weighted by Gasteiger charge is 2.34. The van der Waals surface area contributed by atoms with Crippen molar-refractivity contribution < 1.29 is 27.5 Å². The van der Waals surface area contributed by atoms with Crippen LogP contribution >= 0.6 is 0 Å². The molecule has 0 radical (unpaired) electrons. The van der Waals surface area contributed by atoms with Crippen LogP contribution in [0.15, 0.2) is 18.2 Å². The number of benzene rings is 1. The molecule has 1 unspecified atom stereocenters. The summed E-state index contributed by atoms with van der Waals surface area (Å²) in [6.45, 7) is 0. The zero-order valence-electron chi connectivity index (χ0n) is 11.0. The fraction of sp³-hybridized carbons (Fsp3) is 0.385. The maximum absolute atomic E-state index is 13.2. The number of hydrogen-bond acceptors (Lipinski definition) is 4. The first kappa shape index (κ1) is 15.4. The molecule has 0 bridgehead atoms. The van der Waals surface area contributed by atoms with Gasteiger partial charge in [-0.3, -0.25) is 4.79 Å². The average molecular weight is 315 g/mol. The van der Waals surface area contributed by atoms with Crippen molar-refractivity contribution in [2.75, 3.05) is 11.1 Å². The van der Waals surface area contributed by atoms with E-state index >= 15 is 0 Å². The molecule has 21 heavy (non-hydrogen) atoms. The molecule has 1 aliphatic heterocycles. The first-order chi connectivity index (χ1) is 9.81. The van der Waals surface area contributed by atoms with Crippen molar-refractivity contribution in [1.82, 2.24) is 0 Å². The lowest BCUT2D eigenvalue weighted by atomic mass is 10.1. The minimum Gasteiger partial charge on any atom is -0.478 e. The molecule has 0 spiro atoms. The van der Waals surface area contributed by atoms with Crippen LogP contribution in [0.2, 0.25) is 0 Å². The van der Waals surface area contributed by atoms with Crippen LogP contribution < -0.4 is 5.32 Å². The van der Waals surface area contributed by atoms with Gasteiger partial charge in [0.05, 0.1) is 11.3 Å². The lowest BCUT2D eigenvalue weighted by molar-refractivity contribution is -0.116. The molecule has 1 saturated heterocycles. The van der Waals surface area contributed by atoms with Gasteiger partial charge in [-0.05, 0) is 31.0 Å². The Morgan fingerprint density at radius 2 is 2.00 bits per heavy atom. The predicted molar refractivity (Wildman–Crippen MR) is 73.4 cm³/mol. The van der Waals surface area contributed by atoms with Crippen molar-refractivity contribution in [3.8, 4) is 0 Å². The SMILES string of the molecule is O=C(O)c1cc(NC(=O)C2CCCCS2(=O)=O)ccc1F. The summed E-state index contributed by atoms with van der Waals surface area (Å²) in [7, 11) is -3.48. The molecule has 1 amide bonds. The van der Waals surface area contributed by atoms with Crippen LogP contribution in [-0.2, 0) is 14.6 Å². The summed E-state index contributed by atoms with van der Waals surface area (Å²) in [6.07, 6.45) is 1.41. The Bertz CT molecular complexity index is 686. The maximum Gasteiger partial charge on any atom is 0.338 e. The zero-order valence-corrected chi connectivity index (χ0v) is 11.8. The molecule has 2 rings (SSSR count). The van der Waals surface area contributed by atoms with Gasteiger partial charge >= 0.3 is 5.97 Å². The highest BCUT2D eigenvalue weighted by Crippen LogP contribution is 2.22. The van der Waals surface area contributed by atoms with Crippen molar-refractivity contribution in [2.24, 2.45) is 0 Å². The molecule has 8 heteroatoms. The van der Waals surface area contributed by atoms with E-state index in [4.69, 9.17) is 5.11 Å². The molecule has 6 nitrogen and oxygen atoms in total. The average Bonchev–Trinajstić information content (AvgIpc) is 2.40. The van der Waals surface area contributed by atoms with Gasteiger partial charge in [0, 0.05) is 5.69 Å². The second kappa shape index (κ2) is 5.80. The van der Waals surface area contributed by atoms with Crippen molar-refractivity contribution in [2.45, 2.75) is 24.5 Å². The number of hydrogen-bond donors (Lipinski definition) is 2. The van der Waals surface area contributed by atoms with Crippen LogP contribution in [0.3, 0.4) is 0 Å². The number of carboxylic acids is 1. The second-order valence-electron chi connectivity index (χ2n) is 4.84. The van der Waals surface area contributed by atoms with Gasteiger partial charge in [-0.25, -0.2) is 17.6 Å². The largest absolute Gasteiger partial charge is 0.478 e. The fourth-order valence-electron chi connectivity index (χ4n) is 2.24. The lowest BCUT2D eigenvalue weighted by Gasteiger charge is -2.21. The van der Waals surface area contributed by atoms with Crippen LogP contribution in [0.1, 0.15) is 29.6 Å². The van der Waals surface area contributed by atoms with E-state index in [0.717, 1.165) is 12.1 Å². The number of carbonyl (C=O) groups is 2. The van der Waals surface area contributed by atoms with Gasteiger partial charge in [0.15, 0.2) is 9.84 Å². The van der Waals surface area contributed by atoms with Crippen LogP contribution in [0.5, 0.6) is 0 Å². The number of carboxylic acid groups (broad SMARTS) is 1. The minimum absolute atomic E-state index is 0.0329. The maximum atomic E-state index is 13.2. The van der Waals surface area contributed by atoms with Crippen LogP contribution in [0, 0.1) is 5.82 Å². The van der Waals surface area contributed by atoms with Gasteiger partial charge < -0.3 is 10.4 Å². The third-order valence-corrected chi connectivity index (χ3v) is 5.51. The van der Waals surface area contributed by atoms with Gasteiger partial charge in [-0.15, -0.1) is 0 Å². The molecule has 1 aromatic carbocycles. The fourth-order valence-corrected chi connectivity index (χ4v) is 4.04. The Hall–Kier alpha value is -1.96. The molecule has 0 saturated carbocycles. The molecule has 1 aliphatic rings. The summed E-state index contributed by atoms with van der Waals surface area (Å²) >= 11 is 0. The number of sulfone groups is 1. The predicted octanol–water partition coefficient (Wildman–Crippen LogP) is 1.43. The third-order valence-electron chi connectivity index (χ3n) is 3.34. The highest BCUT2D eigenvalue weighted by atomic mass is 32.2. The van der Waals surface area contributed by atoms with E-state index in [1.165, 1.54) is 6.07 Å². The Morgan fingerprint density at radius 3 is 2.62 bits per heavy atom. The second-order valence-corrected chi connectivity index (χ2v) is 7.14. The molecule has 0 aliphatic carbocycles. The topological polar surface area (TPSA) is 101 Å². The van der Waals surface area contributed by atoms with Crippen molar-refractivity contribution >= 4 is 27.4 Å². The summed E-state index contributed by atoms with van der Waals surface area (Å²) < 4.78 is 36.9. The number of halogens is 1. The molecule has 0 aromatic heterocycles. The molecule has 114 valence electrons. The smallest absolute Gasteiger partial charge is 0.338 e. The van der Waals surface area contributed by atoms with Crippen molar-refractivity contribution in [3.05, 3.63) is 29.6 Å². The van der Waals surface area contributed by atoms with Crippen LogP contribution in [0.25, 0.3) is 0 Å². The molecule has 2 N–H and O–H groups in total. The molecule has 1 atom stereocenters. The van der Waals surface area contributed by atoms with Gasteiger partial charge in [0.1, 0.15) is 11.1 Å². The van der Waals surface area contributed by atoms with Gasteiger partial charge in [0.25, 0.3) is 0 Å². The number of carbonyl (C=O) groups excluding carboxylic acids is 1. The molecule has 1 fully saturated rings. The standard InChI is InChI=1S/C13H14FNO5S/c14-10-5-4-8(7-9(10)13(17)18)15-12(16)11-3-1-2-6-21(11,19)20/h4-5,7,11H,1-3,6H2,(H,15,16)(H,17,18). The number of amides is 1. The van der Waals surface area contributed by atoms with E-state index in [9.17, 15) is 22.4 Å². The summed E-state index contributed by atoms with van der Waals surface area (Å²) in [5, 5.41) is 10.0. The van der Waals surface area contributed by atoms with E-state index < -0.39 is 38.3 Å². The minimum atomic E-state index is -3.48. The van der Waals surface area contributed by atoms with Crippen molar-refractivity contribution in [1.29, 1.82) is 0 Å². The summed E-state index contributed by atoms with van der Waals surface area (Å²) in [6, 6.07) is 3.06. The number of anilines is 1. The normalized spacial score (nSPS) is 20.7. The van der Waals surface area contributed by atoms with Crippen molar-refractivity contribution in [3.63, 3.8) is 0 Å². The van der Waals surface area contributed by atoms with Gasteiger partial charge in [0.2, 0.25) is 5.91 Å². The first-order valence-electron chi connectivity index (χ1n) is 6.36. The van der Waals surface area contributed by atoms with E-state index in [0.29, 0.717) is 12.8 Å². The Morgan fingerprint density at radius 1 is 1.29 bits per heavy atom. The molecule has 1 heterocycles. The van der Waals surface area contributed by atoms with Gasteiger partial charge in [-0.1, -0.05) is 6.42 Å². The molecule has 1 aromatic rings. The molecular weight excluding hydrogens is 301 g/mol. The lowest BCUT2D eigenvalue weighted by Crippen LogP contribution is -2.39. The number of aromatic carboxylic acids is 1. The summed E-state index contributed by atoms with van der Waals surface area (Å²) in [4.78, 5) is 22.8. The number of nitrogens with one attached hydrogen (secondary N) is 1. The van der Waals surface area contributed by atoms with Gasteiger partial charge in [-0.2, -0.15) is 0 Å². The van der Waals surface area contributed by atoms with E-state index in [-0.39, 0.29) is 17.9 Å². The van der Waals surface area contributed by atoms with E-state index in [1.807, 2.05) is 0 Å². The highest BCUT2D eigenvalue weighted by molar-refractivity contribution is 7.92. The van der Waals surface area contributed by atoms with E-state index in [1.54, 1.807) is 0 Å². The third kappa shape index (κ3) is 3.38.